The van der Waals surface area contributed by atoms with Crippen LogP contribution in [-0.2, 0) is 16.2 Å². The Labute approximate surface area is 198 Å². The molecule has 0 aliphatic heterocycles. The SMILES string of the molecule is CNC.Cc1cc(C(C)(C)C)c(O)c(C(C)(C)C)c1.Cc1cc(C)c(O)c(C(C)(C)C)c1. The summed E-state index contributed by atoms with van der Waals surface area (Å²) < 4.78 is 0. The molecule has 3 nitrogen and oxygen atoms in total. The van der Waals surface area contributed by atoms with Gasteiger partial charge < -0.3 is 15.5 Å². The highest BCUT2D eigenvalue weighted by Gasteiger charge is 2.25. The Morgan fingerprint density at radius 1 is 0.531 bits per heavy atom. The summed E-state index contributed by atoms with van der Waals surface area (Å²) >= 11 is 0. The van der Waals surface area contributed by atoms with E-state index in [1.807, 2.05) is 27.1 Å². The van der Waals surface area contributed by atoms with Crippen LogP contribution >= 0.6 is 0 Å². The van der Waals surface area contributed by atoms with E-state index in [-0.39, 0.29) is 16.2 Å². The van der Waals surface area contributed by atoms with Crippen molar-refractivity contribution in [1.82, 2.24) is 5.32 Å². The lowest BCUT2D eigenvalue weighted by Gasteiger charge is -2.27. The van der Waals surface area contributed by atoms with Crippen LogP contribution in [0.2, 0.25) is 0 Å². The van der Waals surface area contributed by atoms with E-state index >= 15 is 0 Å². The third-order valence-corrected chi connectivity index (χ3v) is 5.12. The average Bonchev–Trinajstić information content (AvgIpc) is 2.58. The van der Waals surface area contributed by atoms with Gasteiger partial charge in [-0.3, -0.25) is 0 Å². The summed E-state index contributed by atoms with van der Waals surface area (Å²) in [5.74, 6) is 0.906. The number of benzene rings is 2. The van der Waals surface area contributed by atoms with Gasteiger partial charge >= 0.3 is 0 Å². The number of rotatable bonds is 0. The van der Waals surface area contributed by atoms with Crippen LogP contribution in [0.4, 0.5) is 0 Å². The van der Waals surface area contributed by atoms with Gasteiger partial charge in [-0.05, 0) is 73.4 Å². The largest absolute Gasteiger partial charge is 0.507 e. The van der Waals surface area contributed by atoms with Crippen molar-refractivity contribution in [3.05, 3.63) is 57.6 Å². The first-order valence-corrected chi connectivity index (χ1v) is 11.5. The molecule has 182 valence electrons. The predicted molar refractivity (Wildman–Crippen MR) is 142 cm³/mol. The van der Waals surface area contributed by atoms with E-state index in [1.54, 1.807) is 0 Å². The molecular weight excluding hydrogens is 394 g/mol. The van der Waals surface area contributed by atoms with Gasteiger partial charge in [0.25, 0.3) is 0 Å². The molecule has 2 aromatic carbocycles. The second-order valence-corrected chi connectivity index (χ2v) is 11.9. The molecule has 0 atom stereocenters. The van der Waals surface area contributed by atoms with Crippen LogP contribution in [0.3, 0.4) is 0 Å². The van der Waals surface area contributed by atoms with Gasteiger partial charge in [-0.1, -0.05) is 97.7 Å². The minimum Gasteiger partial charge on any atom is -0.507 e. The van der Waals surface area contributed by atoms with E-state index < -0.39 is 0 Å². The zero-order valence-electron chi connectivity index (χ0n) is 23.2. The van der Waals surface area contributed by atoms with Gasteiger partial charge in [-0.25, -0.2) is 0 Å². The summed E-state index contributed by atoms with van der Waals surface area (Å²) in [6, 6.07) is 8.24. The van der Waals surface area contributed by atoms with Gasteiger partial charge in [0.15, 0.2) is 0 Å². The third kappa shape index (κ3) is 8.86. The highest BCUT2D eigenvalue weighted by atomic mass is 16.3. The van der Waals surface area contributed by atoms with Crippen LogP contribution in [0.15, 0.2) is 24.3 Å². The van der Waals surface area contributed by atoms with Gasteiger partial charge in [0.2, 0.25) is 0 Å². The van der Waals surface area contributed by atoms with E-state index in [9.17, 15) is 10.2 Å². The number of nitrogens with one attached hydrogen (secondary N) is 1. The number of hydrogen-bond acceptors (Lipinski definition) is 3. The third-order valence-electron chi connectivity index (χ3n) is 5.12. The molecule has 0 unspecified atom stereocenters. The molecule has 0 amide bonds. The number of phenolic OH excluding ortho intramolecular Hbond substituents is 2. The Kier molecular flexibility index (Phi) is 10.5. The van der Waals surface area contributed by atoms with Gasteiger partial charge in [0.1, 0.15) is 11.5 Å². The van der Waals surface area contributed by atoms with Crippen molar-refractivity contribution in [1.29, 1.82) is 0 Å². The molecule has 0 radical (unpaired) electrons. The Morgan fingerprint density at radius 3 is 1.06 bits per heavy atom. The number of phenols is 2. The number of hydrogen-bond donors (Lipinski definition) is 3. The summed E-state index contributed by atoms with van der Waals surface area (Å²) in [4.78, 5) is 0. The number of aromatic hydroxyl groups is 2. The molecular formula is C29H49NO2. The highest BCUT2D eigenvalue weighted by molar-refractivity contribution is 5.49. The lowest BCUT2D eigenvalue weighted by Crippen LogP contribution is -2.17. The molecule has 3 heteroatoms. The minimum atomic E-state index is -0.0178. The Bertz CT molecular complexity index is 841. The monoisotopic (exact) mass is 443 g/mol. The van der Waals surface area contributed by atoms with Crippen LogP contribution in [-0.4, -0.2) is 24.3 Å². The van der Waals surface area contributed by atoms with E-state index in [1.165, 1.54) is 11.1 Å². The fraction of sp³-hybridized carbons (Fsp3) is 0.586. The normalized spacial score (nSPS) is 11.8. The van der Waals surface area contributed by atoms with E-state index in [0.717, 1.165) is 22.3 Å². The summed E-state index contributed by atoms with van der Waals surface area (Å²) in [7, 11) is 3.75. The second kappa shape index (κ2) is 11.2. The molecule has 3 N–H and O–H groups in total. The molecule has 2 aromatic rings. The number of aryl methyl sites for hydroxylation is 3. The molecule has 0 aromatic heterocycles. The maximum absolute atomic E-state index is 10.4. The standard InChI is InChI=1S/C15H24O.C12H18O.C2H7N/c1-10-8-11(14(2,3)4)13(16)12(9-10)15(5,6)7;1-8-6-9(2)11(13)10(7-8)12(3,4)5;1-3-2/h8-9,16H,1-7H3;6-7,13H,1-5H3;3H,1-2H3. The van der Waals surface area contributed by atoms with E-state index in [0.29, 0.717) is 11.5 Å². The van der Waals surface area contributed by atoms with Crippen molar-refractivity contribution in [2.75, 3.05) is 14.1 Å². The van der Waals surface area contributed by atoms with Crippen molar-refractivity contribution < 1.29 is 10.2 Å². The molecule has 0 aliphatic rings. The Hall–Kier alpha value is -2.00. The maximum Gasteiger partial charge on any atom is 0.123 e. The van der Waals surface area contributed by atoms with Crippen molar-refractivity contribution in [3.63, 3.8) is 0 Å². The molecule has 0 saturated heterocycles. The van der Waals surface area contributed by atoms with Crippen LogP contribution in [0.1, 0.15) is 95.7 Å². The quantitative estimate of drug-likeness (QED) is 0.396. The zero-order chi connectivity index (χ0) is 25.7. The van der Waals surface area contributed by atoms with E-state index in [2.05, 4.69) is 99.7 Å². The van der Waals surface area contributed by atoms with Crippen molar-refractivity contribution in [2.45, 2.75) is 99.3 Å². The predicted octanol–water partition coefficient (Wildman–Crippen LogP) is 7.44. The zero-order valence-corrected chi connectivity index (χ0v) is 23.2. The molecule has 0 spiro atoms. The highest BCUT2D eigenvalue weighted by Crippen LogP contribution is 2.39. The fourth-order valence-corrected chi connectivity index (χ4v) is 3.45. The van der Waals surface area contributed by atoms with Crippen LogP contribution < -0.4 is 5.32 Å². The molecule has 0 aliphatic carbocycles. The first-order chi connectivity index (χ1) is 14.3. The Morgan fingerprint density at radius 2 is 0.781 bits per heavy atom. The van der Waals surface area contributed by atoms with Gasteiger partial charge in [-0.15, -0.1) is 0 Å². The summed E-state index contributed by atoms with van der Waals surface area (Å²) in [5.41, 5.74) is 6.48. The maximum atomic E-state index is 10.4. The van der Waals surface area contributed by atoms with Crippen molar-refractivity contribution in [3.8, 4) is 11.5 Å². The van der Waals surface area contributed by atoms with Gasteiger partial charge in [0.05, 0.1) is 0 Å². The van der Waals surface area contributed by atoms with Crippen molar-refractivity contribution >= 4 is 0 Å². The van der Waals surface area contributed by atoms with Gasteiger partial charge in [0, 0.05) is 0 Å². The molecule has 0 bridgehead atoms. The smallest absolute Gasteiger partial charge is 0.123 e. The topological polar surface area (TPSA) is 52.5 Å². The molecule has 32 heavy (non-hydrogen) atoms. The van der Waals surface area contributed by atoms with Crippen LogP contribution in [0, 0.1) is 20.8 Å². The van der Waals surface area contributed by atoms with Crippen LogP contribution in [0.25, 0.3) is 0 Å². The first-order valence-electron chi connectivity index (χ1n) is 11.5. The summed E-state index contributed by atoms with van der Waals surface area (Å²) in [6.07, 6.45) is 0. The lowest BCUT2D eigenvalue weighted by atomic mass is 9.78. The molecule has 2 rings (SSSR count). The minimum absolute atomic E-state index is 0.0147. The average molecular weight is 444 g/mol. The van der Waals surface area contributed by atoms with E-state index in [4.69, 9.17) is 0 Å². The fourth-order valence-electron chi connectivity index (χ4n) is 3.45. The molecule has 0 heterocycles. The molecule has 0 saturated carbocycles. The second-order valence-electron chi connectivity index (χ2n) is 11.9. The first kappa shape index (κ1) is 30.0. The summed E-state index contributed by atoms with van der Waals surface area (Å²) in [5, 5.41) is 23.0. The van der Waals surface area contributed by atoms with Gasteiger partial charge in [-0.2, -0.15) is 0 Å². The summed E-state index contributed by atoms with van der Waals surface area (Å²) in [6.45, 7) is 25.2. The van der Waals surface area contributed by atoms with Crippen LogP contribution in [0.5, 0.6) is 11.5 Å². The Balaban J connectivity index is 0.000000543. The van der Waals surface area contributed by atoms with Crippen molar-refractivity contribution in [2.24, 2.45) is 0 Å². The molecule has 0 fully saturated rings. The lowest BCUT2D eigenvalue weighted by molar-refractivity contribution is 0.423.